The highest BCUT2D eigenvalue weighted by Gasteiger charge is 2.38. The molecule has 102 valence electrons. The van der Waals surface area contributed by atoms with Gasteiger partial charge in [-0.05, 0) is 30.4 Å². The number of amides is 1. The number of hydrogen-bond acceptors (Lipinski definition) is 3. The van der Waals surface area contributed by atoms with Gasteiger partial charge in [-0.15, -0.1) is 0 Å². The van der Waals surface area contributed by atoms with E-state index in [-0.39, 0.29) is 23.9 Å². The Labute approximate surface area is 116 Å². The first-order chi connectivity index (χ1) is 9.27. The lowest BCUT2D eigenvalue weighted by Crippen LogP contribution is -2.41. The number of benzene rings is 1. The van der Waals surface area contributed by atoms with Gasteiger partial charge in [-0.3, -0.25) is 10.1 Å². The van der Waals surface area contributed by atoms with Crippen molar-refractivity contribution in [3.8, 4) is 0 Å². The largest absolute Gasteiger partial charge is 0.319 e. The first-order valence-corrected chi connectivity index (χ1v) is 7.79. The lowest BCUT2D eigenvalue weighted by Gasteiger charge is -2.35. The van der Waals surface area contributed by atoms with Crippen molar-refractivity contribution in [2.45, 2.75) is 25.0 Å². The summed E-state index contributed by atoms with van der Waals surface area (Å²) in [6, 6.07) is 6.95. The average molecular weight is 280 g/mol. The normalized spacial score (nSPS) is 25.0. The Morgan fingerprint density at radius 3 is 2.74 bits per heavy atom. The van der Waals surface area contributed by atoms with Crippen molar-refractivity contribution in [2.75, 3.05) is 18.1 Å². The second kappa shape index (κ2) is 5.51. The second-order valence-corrected chi connectivity index (χ2v) is 6.17. The fraction of sp³-hybridized carbons (Fsp3) is 0.500. The molecule has 1 aromatic carbocycles. The van der Waals surface area contributed by atoms with Crippen LogP contribution in [0.2, 0.25) is 0 Å². The molecule has 0 saturated carbocycles. The van der Waals surface area contributed by atoms with Crippen molar-refractivity contribution in [1.29, 1.82) is 0 Å². The van der Waals surface area contributed by atoms with Crippen LogP contribution in [0.15, 0.2) is 24.3 Å². The minimum atomic E-state index is -0.304. The molecule has 1 amide bonds. The predicted molar refractivity (Wildman–Crippen MR) is 74.3 cm³/mol. The molecular weight excluding hydrogens is 263 g/mol. The van der Waals surface area contributed by atoms with E-state index in [1.807, 2.05) is 22.7 Å². The standard InChI is InChI=1S/C14H17FN2OS/c15-12-4-2-1-3-11(12)14-16-9-13(18)17(14)10-5-7-19-8-6-10/h1-4,10,14,16H,5-9H2. The topological polar surface area (TPSA) is 32.3 Å². The van der Waals surface area contributed by atoms with Gasteiger partial charge in [-0.2, -0.15) is 11.8 Å². The van der Waals surface area contributed by atoms with Crippen molar-refractivity contribution in [3.05, 3.63) is 35.6 Å². The molecule has 5 heteroatoms. The lowest BCUT2D eigenvalue weighted by atomic mass is 10.1. The highest BCUT2D eigenvalue weighted by Crippen LogP contribution is 2.31. The molecule has 1 unspecified atom stereocenters. The van der Waals surface area contributed by atoms with Gasteiger partial charge >= 0.3 is 0 Å². The first kappa shape index (κ1) is 12.9. The molecule has 1 N–H and O–H groups in total. The molecule has 0 aliphatic carbocycles. The molecule has 3 nitrogen and oxygen atoms in total. The molecule has 2 aliphatic rings. The van der Waals surface area contributed by atoms with E-state index in [9.17, 15) is 9.18 Å². The van der Waals surface area contributed by atoms with Gasteiger partial charge in [-0.25, -0.2) is 4.39 Å². The lowest BCUT2D eigenvalue weighted by molar-refractivity contribution is -0.130. The van der Waals surface area contributed by atoms with E-state index in [2.05, 4.69) is 5.32 Å². The Hall–Kier alpha value is -1.07. The summed E-state index contributed by atoms with van der Waals surface area (Å²) < 4.78 is 13.9. The van der Waals surface area contributed by atoms with Crippen LogP contribution in [0.5, 0.6) is 0 Å². The number of halogens is 1. The zero-order valence-corrected chi connectivity index (χ0v) is 11.5. The number of nitrogens with zero attached hydrogens (tertiary/aromatic N) is 1. The Kier molecular flexibility index (Phi) is 3.75. The molecule has 1 atom stereocenters. The summed E-state index contributed by atoms with van der Waals surface area (Å²) in [6.07, 6.45) is 1.70. The maximum Gasteiger partial charge on any atom is 0.238 e. The second-order valence-electron chi connectivity index (χ2n) is 4.95. The smallest absolute Gasteiger partial charge is 0.238 e. The van der Waals surface area contributed by atoms with Gasteiger partial charge in [0.25, 0.3) is 0 Å². The SMILES string of the molecule is O=C1CNC(c2ccccc2F)N1C1CCSCC1. The maximum absolute atomic E-state index is 13.9. The number of hydrogen-bond donors (Lipinski definition) is 1. The van der Waals surface area contributed by atoms with Crippen molar-refractivity contribution >= 4 is 17.7 Å². The van der Waals surface area contributed by atoms with Crippen LogP contribution in [-0.4, -0.2) is 34.9 Å². The Bertz CT molecular complexity index is 476. The molecule has 2 fully saturated rings. The molecule has 0 spiro atoms. The monoisotopic (exact) mass is 280 g/mol. The first-order valence-electron chi connectivity index (χ1n) is 6.64. The van der Waals surface area contributed by atoms with Crippen LogP contribution in [-0.2, 0) is 4.79 Å². The van der Waals surface area contributed by atoms with Gasteiger partial charge in [0.1, 0.15) is 12.0 Å². The van der Waals surface area contributed by atoms with Crippen LogP contribution in [0.25, 0.3) is 0 Å². The number of carbonyl (C=O) groups excluding carboxylic acids is 1. The summed E-state index contributed by atoms with van der Waals surface area (Å²) in [4.78, 5) is 14.0. The van der Waals surface area contributed by atoms with Crippen molar-refractivity contribution in [3.63, 3.8) is 0 Å². The van der Waals surface area contributed by atoms with E-state index in [0.717, 1.165) is 24.3 Å². The molecule has 0 aromatic heterocycles. The molecule has 3 rings (SSSR count). The molecule has 0 bridgehead atoms. The van der Waals surface area contributed by atoms with Crippen LogP contribution < -0.4 is 5.32 Å². The van der Waals surface area contributed by atoms with Crippen molar-refractivity contribution in [2.24, 2.45) is 0 Å². The molecule has 2 aliphatic heterocycles. The van der Waals surface area contributed by atoms with E-state index >= 15 is 0 Å². The third-order valence-corrected chi connectivity index (χ3v) is 4.85. The zero-order chi connectivity index (χ0) is 13.2. The van der Waals surface area contributed by atoms with Gasteiger partial charge < -0.3 is 4.90 Å². The number of nitrogens with one attached hydrogen (secondary N) is 1. The third-order valence-electron chi connectivity index (χ3n) is 3.80. The van der Waals surface area contributed by atoms with E-state index in [0.29, 0.717) is 12.1 Å². The summed E-state index contributed by atoms with van der Waals surface area (Å²) >= 11 is 1.93. The fourth-order valence-electron chi connectivity index (χ4n) is 2.85. The van der Waals surface area contributed by atoms with E-state index in [1.165, 1.54) is 6.07 Å². The summed E-state index contributed by atoms with van der Waals surface area (Å²) in [5.41, 5.74) is 0.576. The van der Waals surface area contributed by atoms with Crippen LogP contribution in [0.1, 0.15) is 24.6 Å². The third kappa shape index (κ3) is 2.49. The van der Waals surface area contributed by atoms with Crippen LogP contribution >= 0.6 is 11.8 Å². The number of carbonyl (C=O) groups is 1. The Morgan fingerprint density at radius 2 is 2.00 bits per heavy atom. The predicted octanol–water partition coefficient (Wildman–Crippen LogP) is 2.15. The summed E-state index contributed by atoms with van der Waals surface area (Å²) in [5.74, 6) is 2.01. The highest BCUT2D eigenvalue weighted by molar-refractivity contribution is 7.99. The number of rotatable bonds is 2. The average Bonchev–Trinajstić information content (AvgIpc) is 2.82. The summed E-state index contributed by atoms with van der Waals surface area (Å²) in [5, 5.41) is 3.14. The molecular formula is C14H17FN2OS. The van der Waals surface area contributed by atoms with Gasteiger partial charge in [0.2, 0.25) is 5.91 Å². The van der Waals surface area contributed by atoms with Crippen molar-refractivity contribution < 1.29 is 9.18 Å². The van der Waals surface area contributed by atoms with Crippen LogP contribution in [0, 0.1) is 5.82 Å². The van der Waals surface area contributed by atoms with Gasteiger partial charge in [0.05, 0.1) is 6.54 Å². The van der Waals surface area contributed by atoms with Crippen molar-refractivity contribution in [1.82, 2.24) is 10.2 Å². The quantitative estimate of drug-likeness (QED) is 0.901. The minimum Gasteiger partial charge on any atom is -0.319 e. The van der Waals surface area contributed by atoms with E-state index in [1.54, 1.807) is 12.1 Å². The molecule has 2 saturated heterocycles. The minimum absolute atomic E-state index is 0.0881. The van der Waals surface area contributed by atoms with E-state index < -0.39 is 0 Å². The van der Waals surface area contributed by atoms with E-state index in [4.69, 9.17) is 0 Å². The molecule has 19 heavy (non-hydrogen) atoms. The fourth-order valence-corrected chi connectivity index (χ4v) is 3.93. The van der Waals surface area contributed by atoms with Gasteiger partial charge in [0, 0.05) is 11.6 Å². The maximum atomic E-state index is 13.9. The number of thioether (sulfide) groups is 1. The highest BCUT2D eigenvalue weighted by atomic mass is 32.2. The summed E-state index contributed by atoms with van der Waals surface area (Å²) in [7, 11) is 0. The van der Waals surface area contributed by atoms with Gasteiger partial charge in [-0.1, -0.05) is 18.2 Å². The Balaban J connectivity index is 1.87. The summed E-state index contributed by atoms with van der Waals surface area (Å²) in [6.45, 7) is 0.308. The van der Waals surface area contributed by atoms with Crippen LogP contribution in [0.4, 0.5) is 4.39 Å². The molecule has 2 heterocycles. The van der Waals surface area contributed by atoms with Gasteiger partial charge in [0.15, 0.2) is 0 Å². The van der Waals surface area contributed by atoms with Crippen LogP contribution in [0.3, 0.4) is 0 Å². The zero-order valence-electron chi connectivity index (χ0n) is 10.6. The molecule has 0 radical (unpaired) electrons. The Morgan fingerprint density at radius 1 is 1.26 bits per heavy atom. The molecule has 1 aromatic rings.